The zero-order valence-electron chi connectivity index (χ0n) is 14.3. The minimum atomic E-state index is -0.0890. The Bertz CT molecular complexity index is 577. The summed E-state index contributed by atoms with van der Waals surface area (Å²) in [5.74, 6) is 1.25. The van der Waals surface area contributed by atoms with Gasteiger partial charge in [-0.15, -0.1) is 0 Å². The summed E-state index contributed by atoms with van der Waals surface area (Å²) in [6.45, 7) is 3.27. The molecule has 0 N–H and O–H groups in total. The Morgan fingerprint density at radius 1 is 1.17 bits per heavy atom. The van der Waals surface area contributed by atoms with Gasteiger partial charge < -0.3 is 19.0 Å². The lowest BCUT2D eigenvalue weighted by molar-refractivity contribution is -0.130. The van der Waals surface area contributed by atoms with E-state index in [-0.39, 0.29) is 11.8 Å². The lowest BCUT2D eigenvalue weighted by atomic mass is 9.93. The topological polar surface area (TPSA) is 63.0 Å². The van der Waals surface area contributed by atoms with Crippen molar-refractivity contribution in [2.24, 2.45) is 5.92 Å². The van der Waals surface area contributed by atoms with Gasteiger partial charge in [0.15, 0.2) is 5.76 Å². The fourth-order valence-electron chi connectivity index (χ4n) is 3.64. The molecule has 2 saturated heterocycles. The number of carbonyl (C=O) groups is 2. The Balaban J connectivity index is 1.50. The first kappa shape index (κ1) is 16.9. The van der Waals surface area contributed by atoms with E-state index in [2.05, 4.69) is 0 Å². The van der Waals surface area contributed by atoms with Gasteiger partial charge in [-0.25, -0.2) is 0 Å². The van der Waals surface area contributed by atoms with E-state index < -0.39 is 0 Å². The highest BCUT2D eigenvalue weighted by atomic mass is 16.6. The second kappa shape index (κ2) is 7.73. The Morgan fingerprint density at radius 3 is 2.62 bits per heavy atom. The molecule has 2 fully saturated rings. The Labute approximate surface area is 142 Å². The zero-order valence-corrected chi connectivity index (χ0v) is 14.3. The second-order valence-electron chi connectivity index (χ2n) is 6.71. The van der Waals surface area contributed by atoms with E-state index in [9.17, 15) is 9.59 Å². The molecule has 6 nitrogen and oxygen atoms in total. The van der Waals surface area contributed by atoms with E-state index in [0.29, 0.717) is 30.6 Å². The second-order valence-corrected chi connectivity index (χ2v) is 6.71. The van der Waals surface area contributed by atoms with Crippen LogP contribution in [-0.4, -0.2) is 54.9 Å². The van der Waals surface area contributed by atoms with Crippen molar-refractivity contribution >= 4 is 11.8 Å². The molecule has 1 aromatic heterocycles. The van der Waals surface area contributed by atoms with Gasteiger partial charge in [-0.3, -0.25) is 9.59 Å². The number of carbonyl (C=O) groups excluding carboxylic acids is 2. The first-order valence-corrected chi connectivity index (χ1v) is 8.88. The first-order valence-electron chi connectivity index (χ1n) is 8.88. The number of hydrogen-bond acceptors (Lipinski definition) is 4. The molecule has 132 valence electrons. The fraction of sp³-hybridized carbons (Fsp3) is 0.667. The molecule has 2 aliphatic heterocycles. The van der Waals surface area contributed by atoms with Gasteiger partial charge in [-0.1, -0.05) is 0 Å². The number of amides is 2. The number of likely N-dealkylation sites (tertiary alicyclic amines) is 2. The number of hydrogen-bond donors (Lipinski definition) is 0. The standard InChI is InChI=1S/C18H26N2O4/c1-23-17-9-7-15(24-17)18(22)20-12-4-5-14(13-20)6-8-16(21)19-10-2-3-11-19/h7,9,14H,2-6,8,10-13H2,1H3/t14-/m1/s1. The number of furan rings is 1. The predicted molar refractivity (Wildman–Crippen MR) is 88.9 cm³/mol. The maximum Gasteiger partial charge on any atom is 0.289 e. The summed E-state index contributed by atoms with van der Waals surface area (Å²) >= 11 is 0. The lowest BCUT2D eigenvalue weighted by Gasteiger charge is -2.32. The molecule has 0 bridgehead atoms. The quantitative estimate of drug-likeness (QED) is 0.830. The van der Waals surface area contributed by atoms with Gasteiger partial charge >= 0.3 is 0 Å². The van der Waals surface area contributed by atoms with Crippen LogP contribution in [-0.2, 0) is 4.79 Å². The Kier molecular flexibility index (Phi) is 5.43. The van der Waals surface area contributed by atoms with Crippen LogP contribution in [0.4, 0.5) is 0 Å². The van der Waals surface area contributed by atoms with Crippen LogP contribution in [0.2, 0.25) is 0 Å². The highest BCUT2D eigenvalue weighted by Crippen LogP contribution is 2.25. The number of methoxy groups -OCH3 is 1. The highest BCUT2D eigenvalue weighted by Gasteiger charge is 2.27. The average Bonchev–Trinajstić information content (AvgIpc) is 3.30. The van der Waals surface area contributed by atoms with Crippen LogP contribution < -0.4 is 4.74 Å². The lowest BCUT2D eigenvalue weighted by Crippen LogP contribution is -2.40. The normalized spacial score (nSPS) is 21.1. The summed E-state index contributed by atoms with van der Waals surface area (Å²) in [4.78, 5) is 28.5. The van der Waals surface area contributed by atoms with Crippen molar-refractivity contribution < 1.29 is 18.7 Å². The number of ether oxygens (including phenoxy) is 1. The molecule has 0 aliphatic carbocycles. The van der Waals surface area contributed by atoms with Crippen LogP contribution in [0.1, 0.15) is 49.1 Å². The van der Waals surface area contributed by atoms with Crippen molar-refractivity contribution in [2.45, 2.75) is 38.5 Å². The molecule has 0 radical (unpaired) electrons. The molecule has 1 atom stereocenters. The minimum Gasteiger partial charge on any atom is -0.468 e. The predicted octanol–water partition coefficient (Wildman–Crippen LogP) is 2.54. The summed E-state index contributed by atoms with van der Waals surface area (Å²) in [7, 11) is 1.52. The molecule has 3 rings (SSSR count). The molecule has 2 aliphatic rings. The number of nitrogens with zero attached hydrogens (tertiary/aromatic N) is 2. The van der Waals surface area contributed by atoms with E-state index in [1.165, 1.54) is 7.11 Å². The van der Waals surface area contributed by atoms with E-state index in [1.807, 2.05) is 9.80 Å². The summed E-state index contributed by atoms with van der Waals surface area (Å²) < 4.78 is 10.4. The summed E-state index contributed by atoms with van der Waals surface area (Å²) in [6, 6.07) is 3.31. The average molecular weight is 334 g/mol. The van der Waals surface area contributed by atoms with Crippen LogP contribution in [0.15, 0.2) is 16.5 Å². The minimum absolute atomic E-state index is 0.0890. The van der Waals surface area contributed by atoms with Crippen LogP contribution in [0, 0.1) is 5.92 Å². The third kappa shape index (κ3) is 3.91. The summed E-state index contributed by atoms with van der Waals surface area (Å²) in [5, 5.41) is 0. The Morgan fingerprint density at radius 2 is 1.92 bits per heavy atom. The third-order valence-corrected chi connectivity index (χ3v) is 5.02. The molecule has 3 heterocycles. The largest absolute Gasteiger partial charge is 0.468 e. The van der Waals surface area contributed by atoms with Crippen molar-refractivity contribution in [3.8, 4) is 5.95 Å². The van der Waals surface area contributed by atoms with Gasteiger partial charge in [0, 0.05) is 38.7 Å². The molecule has 0 spiro atoms. The third-order valence-electron chi connectivity index (χ3n) is 5.02. The summed E-state index contributed by atoms with van der Waals surface area (Å²) in [6.07, 6.45) is 5.78. The van der Waals surface area contributed by atoms with Crippen LogP contribution >= 0.6 is 0 Å². The van der Waals surface area contributed by atoms with E-state index in [1.54, 1.807) is 12.1 Å². The molecular formula is C18H26N2O4. The van der Waals surface area contributed by atoms with Crippen LogP contribution in [0.25, 0.3) is 0 Å². The smallest absolute Gasteiger partial charge is 0.289 e. The zero-order chi connectivity index (χ0) is 16.9. The fourth-order valence-corrected chi connectivity index (χ4v) is 3.64. The maximum atomic E-state index is 12.5. The van der Waals surface area contributed by atoms with Crippen molar-refractivity contribution in [3.05, 3.63) is 17.9 Å². The highest BCUT2D eigenvalue weighted by molar-refractivity contribution is 5.91. The van der Waals surface area contributed by atoms with Crippen molar-refractivity contribution in [2.75, 3.05) is 33.3 Å². The molecule has 1 aromatic rings. The van der Waals surface area contributed by atoms with Gasteiger partial charge in [0.2, 0.25) is 5.91 Å². The van der Waals surface area contributed by atoms with Crippen molar-refractivity contribution in [3.63, 3.8) is 0 Å². The Hall–Kier alpha value is -1.98. The molecular weight excluding hydrogens is 308 g/mol. The van der Waals surface area contributed by atoms with Crippen LogP contribution in [0.5, 0.6) is 5.95 Å². The molecule has 24 heavy (non-hydrogen) atoms. The monoisotopic (exact) mass is 334 g/mol. The first-order chi connectivity index (χ1) is 11.7. The molecule has 0 unspecified atom stereocenters. The van der Waals surface area contributed by atoms with Gasteiger partial charge in [0.1, 0.15) is 0 Å². The molecule has 0 aromatic carbocycles. The number of rotatable bonds is 5. The van der Waals surface area contributed by atoms with E-state index in [0.717, 1.165) is 51.7 Å². The van der Waals surface area contributed by atoms with Gasteiger partial charge in [0.25, 0.3) is 11.9 Å². The van der Waals surface area contributed by atoms with E-state index in [4.69, 9.17) is 9.15 Å². The summed E-state index contributed by atoms with van der Waals surface area (Å²) in [5.41, 5.74) is 0. The molecule has 6 heteroatoms. The number of piperidine rings is 1. The van der Waals surface area contributed by atoms with E-state index >= 15 is 0 Å². The van der Waals surface area contributed by atoms with Gasteiger partial charge in [-0.2, -0.15) is 0 Å². The van der Waals surface area contributed by atoms with Gasteiger partial charge in [-0.05, 0) is 44.1 Å². The molecule has 2 amide bonds. The van der Waals surface area contributed by atoms with Crippen molar-refractivity contribution in [1.29, 1.82) is 0 Å². The maximum absolute atomic E-state index is 12.5. The van der Waals surface area contributed by atoms with Crippen molar-refractivity contribution in [1.82, 2.24) is 9.80 Å². The van der Waals surface area contributed by atoms with Crippen LogP contribution in [0.3, 0.4) is 0 Å². The van der Waals surface area contributed by atoms with Gasteiger partial charge in [0.05, 0.1) is 7.11 Å². The SMILES string of the molecule is COc1ccc(C(=O)N2CCC[C@H](CCC(=O)N3CCCC3)C2)o1. The molecule has 0 saturated carbocycles.